The Morgan fingerprint density at radius 2 is 2.16 bits per heavy atom. The van der Waals surface area contributed by atoms with E-state index in [1.54, 1.807) is 10.7 Å². The van der Waals surface area contributed by atoms with Gasteiger partial charge in [-0.15, -0.1) is 0 Å². The van der Waals surface area contributed by atoms with Gasteiger partial charge in [-0.1, -0.05) is 18.5 Å². The van der Waals surface area contributed by atoms with Crippen molar-refractivity contribution in [3.8, 4) is 0 Å². The Labute approximate surface area is 117 Å². The third-order valence-electron chi connectivity index (χ3n) is 3.01. The van der Waals surface area contributed by atoms with Crippen LogP contribution in [0.4, 0.5) is 4.39 Å². The fraction of sp³-hybridized carbons (Fsp3) is 0.357. The largest absolute Gasteiger partial charge is 0.295 e. The minimum Gasteiger partial charge on any atom is -0.295 e. The Morgan fingerprint density at radius 1 is 1.37 bits per heavy atom. The van der Waals surface area contributed by atoms with Crippen molar-refractivity contribution in [2.24, 2.45) is 7.05 Å². The lowest BCUT2D eigenvalue weighted by molar-refractivity contribution is 0.271. The minimum atomic E-state index is -0.253. The highest BCUT2D eigenvalue weighted by atomic mass is 35.5. The van der Waals surface area contributed by atoms with Gasteiger partial charge in [0.1, 0.15) is 5.82 Å². The normalized spacial score (nSPS) is 11.2. The Bertz CT molecular complexity index is 553. The van der Waals surface area contributed by atoms with Gasteiger partial charge in [0.25, 0.3) is 0 Å². The van der Waals surface area contributed by atoms with Crippen LogP contribution in [0.3, 0.4) is 0 Å². The predicted molar refractivity (Wildman–Crippen MR) is 74.4 cm³/mol. The summed E-state index contributed by atoms with van der Waals surface area (Å²) in [5.41, 5.74) is 1.95. The molecule has 3 nitrogen and oxygen atoms in total. The van der Waals surface area contributed by atoms with Crippen LogP contribution in [-0.4, -0.2) is 21.2 Å². The summed E-state index contributed by atoms with van der Waals surface area (Å²) in [4.78, 5) is 2.19. The molecule has 0 radical (unpaired) electrons. The van der Waals surface area contributed by atoms with Crippen LogP contribution in [0, 0.1) is 5.82 Å². The molecule has 5 heteroatoms. The van der Waals surface area contributed by atoms with Crippen LogP contribution < -0.4 is 0 Å². The highest BCUT2D eigenvalue weighted by Gasteiger charge is 2.09. The Hall–Kier alpha value is -1.39. The molecule has 2 rings (SSSR count). The molecule has 102 valence electrons. The van der Waals surface area contributed by atoms with Crippen molar-refractivity contribution in [1.29, 1.82) is 0 Å². The fourth-order valence-electron chi connectivity index (χ4n) is 2.00. The predicted octanol–water partition coefficient (Wildman–Crippen LogP) is 3.23. The number of aromatic nitrogens is 2. The van der Waals surface area contributed by atoms with Gasteiger partial charge in [-0.05, 0) is 30.3 Å². The van der Waals surface area contributed by atoms with E-state index in [4.69, 9.17) is 11.6 Å². The highest BCUT2D eigenvalue weighted by Crippen LogP contribution is 2.19. The maximum atomic E-state index is 13.2. The molecule has 0 saturated heterocycles. The van der Waals surface area contributed by atoms with Crippen LogP contribution in [0.25, 0.3) is 0 Å². The monoisotopic (exact) mass is 281 g/mol. The van der Waals surface area contributed by atoms with Crippen LogP contribution in [0.5, 0.6) is 0 Å². The molecule has 0 unspecified atom stereocenters. The third-order valence-corrected chi connectivity index (χ3v) is 3.38. The number of halogens is 2. The van der Waals surface area contributed by atoms with Crippen molar-refractivity contribution in [3.63, 3.8) is 0 Å². The summed E-state index contributed by atoms with van der Waals surface area (Å²) >= 11 is 6.09. The van der Waals surface area contributed by atoms with Gasteiger partial charge in [0.2, 0.25) is 0 Å². The fourth-order valence-corrected chi connectivity index (χ4v) is 2.17. The average Bonchev–Trinajstić information content (AvgIpc) is 2.78. The van der Waals surface area contributed by atoms with E-state index in [1.807, 2.05) is 19.4 Å². The van der Waals surface area contributed by atoms with Crippen molar-refractivity contribution in [2.75, 3.05) is 6.54 Å². The topological polar surface area (TPSA) is 21.1 Å². The molecule has 19 heavy (non-hydrogen) atoms. The summed E-state index contributed by atoms with van der Waals surface area (Å²) in [5, 5.41) is 4.75. The molecule has 0 spiro atoms. The van der Waals surface area contributed by atoms with Crippen molar-refractivity contribution in [1.82, 2.24) is 14.7 Å². The molecule has 2 aromatic rings. The van der Waals surface area contributed by atoms with Gasteiger partial charge < -0.3 is 0 Å². The maximum Gasteiger partial charge on any atom is 0.123 e. The Balaban J connectivity index is 2.08. The van der Waals surface area contributed by atoms with Gasteiger partial charge in [0.05, 0.1) is 6.20 Å². The van der Waals surface area contributed by atoms with E-state index < -0.39 is 0 Å². The lowest BCUT2D eigenvalue weighted by atomic mass is 10.2. The van der Waals surface area contributed by atoms with Crippen molar-refractivity contribution < 1.29 is 4.39 Å². The number of rotatable bonds is 5. The highest BCUT2D eigenvalue weighted by molar-refractivity contribution is 6.31. The summed E-state index contributed by atoms with van der Waals surface area (Å²) in [6.45, 7) is 4.34. The van der Waals surface area contributed by atoms with Gasteiger partial charge in [0.15, 0.2) is 0 Å². The smallest absolute Gasteiger partial charge is 0.123 e. The summed E-state index contributed by atoms with van der Waals surface area (Å²) in [5.74, 6) is -0.253. The molecule has 0 aliphatic rings. The molecule has 1 heterocycles. The molecule has 0 aliphatic carbocycles. The molecule has 0 N–H and O–H groups in total. The molecule has 1 aromatic carbocycles. The SMILES string of the molecule is CCN(Cc1cnn(C)c1)Cc1cc(F)ccc1Cl. The molecule has 0 fully saturated rings. The first-order valence-electron chi connectivity index (χ1n) is 6.22. The van der Waals surface area contributed by atoms with E-state index in [0.717, 1.165) is 24.2 Å². The average molecular weight is 282 g/mol. The third kappa shape index (κ3) is 3.78. The molecule has 0 saturated carbocycles. The van der Waals surface area contributed by atoms with Gasteiger partial charge in [0, 0.05) is 36.9 Å². The molecule has 1 aromatic heterocycles. The second kappa shape index (κ2) is 6.17. The number of hydrogen-bond acceptors (Lipinski definition) is 2. The minimum absolute atomic E-state index is 0.253. The van der Waals surface area contributed by atoms with Gasteiger partial charge >= 0.3 is 0 Å². The van der Waals surface area contributed by atoms with Gasteiger partial charge in [-0.2, -0.15) is 5.10 Å². The zero-order valence-corrected chi connectivity index (χ0v) is 11.9. The first-order chi connectivity index (χ1) is 9.08. The lowest BCUT2D eigenvalue weighted by Crippen LogP contribution is -2.22. The zero-order chi connectivity index (χ0) is 13.8. The lowest BCUT2D eigenvalue weighted by Gasteiger charge is -2.20. The van der Waals surface area contributed by atoms with Crippen LogP contribution in [0.2, 0.25) is 5.02 Å². The van der Waals surface area contributed by atoms with Crippen LogP contribution in [-0.2, 0) is 20.1 Å². The quantitative estimate of drug-likeness (QED) is 0.839. The zero-order valence-electron chi connectivity index (χ0n) is 11.1. The van der Waals surface area contributed by atoms with Crippen LogP contribution in [0.1, 0.15) is 18.1 Å². The van der Waals surface area contributed by atoms with E-state index >= 15 is 0 Å². The Morgan fingerprint density at radius 3 is 2.79 bits per heavy atom. The number of nitrogens with zero attached hydrogens (tertiary/aromatic N) is 3. The summed E-state index contributed by atoms with van der Waals surface area (Å²) in [7, 11) is 1.89. The number of aryl methyl sites for hydroxylation is 1. The van der Waals surface area contributed by atoms with E-state index in [-0.39, 0.29) is 5.82 Å². The molecular formula is C14H17ClFN3. The molecule has 0 atom stereocenters. The Kier molecular flexibility index (Phi) is 4.56. The second-order valence-corrected chi connectivity index (χ2v) is 4.97. The van der Waals surface area contributed by atoms with Gasteiger partial charge in [-0.25, -0.2) is 4.39 Å². The van der Waals surface area contributed by atoms with Crippen molar-refractivity contribution in [2.45, 2.75) is 20.0 Å². The summed E-state index contributed by atoms with van der Waals surface area (Å²) in [6.07, 6.45) is 3.83. The van der Waals surface area contributed by atoms with Crippen LogP contribution >= 0.6 is 11.6 Å². The molecule has 0 bridgehead atoms. The molecular weight excluding hydrogens is 265 g/mol. The standard InChI is InChI=1S/C14H17ClFN3/c1-3-19(9-11-7-17-18(2)8-11)10-12-6-13(16)4-5-14(12)15/h4-8H,3,9-10H2,1-2H3. The molecule has 0 amide bonds. The van der Waals surface area contributed by atoms with Crippen molar-refractivity contribution in [3.05, 3.63) is 52.6 Å². The summed E-state index contributed by atoms with van der Waals surface area (Å²) in [6, 6.07) is 4.47. The second-order valence-electron chi connectivity index (χ2n) is 4.56. The van der Waals surface area contributed by atoms with E-state index in [9.17, 15) is 4.39 Å². The van der Waals surface area contributed by atoms with Gasteiger partial charge in [-0.3, -0.25) is 9.58 Å². The first kappa shape index (κ1) is 14.0. The van der Waals surface area contributed by atoms with E-state index in [1.165, 1.54) is 12.1 Å². The molecule has 0 aliphatic heterocycles. The van der Waals surface area contributed by atoms with Crippen molar-refractivity contribution >= 4 is 11.6 Å². The first-order valence-corrected chi connectivity index (χ1v) is 6.60. The van der Waals surface area contributed by atoms with E-state index in [2.05, 4.69) is 16.9 Å². The number of hydrogen-bond donors (Lipinski definition) is 0. The van der Waals surface area contributed by atoms with Crippen LogP contribution in [0.15, 0.2) is 30.6 Å². The summed E-state index contributed by atoms with van der Waals surface area (Å²) < 4.78 is 15.0. The van der Waals surface area contributed by atoms with E-state index in [0.29, 0.717) is 11.6 Å². The maximum absolute atomic E-state index is 13.2. The number of benzene rings is 1.